The number of rotatable bonds is 8. The third-order valence-corrected chi connectivity index (χ3v) is 3.27. The highest BCUT2D eigenvalue weighted by molar-refractivity contribution is 5.17. The van der Waals surface area contributed by atoms with Crippen molar-refractivity contribution in [3.63, 3.8) is 0 Å². The molecule has 0 spiro atoms. The minimum Gasteiger partial charge on any atom is -0.407 e. The molecule has 2 N–H and O–H groups in total. The number of methoxy groups -OCH3 is 1. The molecule has 2 heterocycles. The standard InChI is InChI=1S/C12H22N4O3/c1-9-10(3-5-18-9)7-14-12-16-15-11(19-12)8-13-4-6-17-2/h9-10,13H,3-8H2,1-2H3,(H,14,16). The van der Waals surface area contributed by atoms with Gasteiger partial charge >= 0.3 is 6.01 Å². The van der Waals surface area contributed by atoms with Crippen LogP contribution in [0.15, 0.2) is 4.42 Å². The van der Waals surface area contributed by atoms with Crippen molar-refractivity contribution >= 4 is 6.01 Å². The Hall–Kier alpha value is -1.18. The molecule has 7 heteroatoms. The Kier molecular flexibility index (Phi) is 5.56. The average molecular weight is 270 g/mol. The van der Waals surface area contributed by atoms with Crippen LogP contribution < -0.4 is 10.6 Å². The summed E-state index contributed by atoms with van der Waals surface area (Å²) in [6.07, 6.45) is 1.37. The fourth-order valence-corrected chi connectivity index (χ4v) is 2.03. The number of anilines is 1. The maximum atomic E-state index is 5.51. The van der Waals surface area contributed by atoms with Crippen LogP contribution in [-0.2, 0) is 16.0 Å². The van der Waals surface area contributed by atoms with Crippen LogP contribution in [0, 0.1) is 5.92 Å². The Morgan fingerprint density at radius 1 is 1.42 bits per heavy atom. The van der Waals surface area contributed by atoms with Crippen molar-refractivity contribution < 1.29 is 13.9 Å². The Morgan fingerprint density at radius 2 is 2.32 bits per heavy atom. The predicted molar refractivity (Wildman–Crippen MR) is 69.9 cm³/mol. The fraction of sp³-hybridized carbons (Fsp3) is 0.833. The van der Waals surface area contributed by atoms with E-state index in [-0.39, 0.29) is 0 Å². The van der Waals surface area contributed by atoms with Crippen molar-refractivity contribution in [1.82, 2.24) is 15.5 Å². The summed E-state index contributed by atoms with van der Waals surface area (Å²) >= 11 is 0. The molecular weight excluding hydrogens is 248 g/mol. The van der Waals surface area contributed by atoms with Gasteiger partial charge in [0.25, 0.3) is 0 Å². The van der Waals surface area contributed by atoms with Crippen LogP contribution >= 0.6 is 0 Å². The van der Waals surface area contributed by atoms with Gasteiger partial charge in [-0.3, -0.25) is 0 Å². The van der Waals surface area contributed by atoms with Gasteiger partial charge in [0, 0.05) is 32.7 Å². The normalized spacial score (nSPS) is 22.8. The highest BCUT2D eigenvalue weighted by Crippen LogP contribution is 2.20. The SMILES string of the molecule is COCCNCc1nnc(NCC2CCOC2C)o1. The smallest absolute Gasteiger partial charge is 0.315 e. The molecule has 1 aromatic heterocycles. The number of hydrogen-bond acceptors (Lipinski definition) is 7. The molecule has 0 aromatic carbocycles. The molecule has 1 aliphatic heterocycles. The zero-order valence-electron chi connectivity index (χ0n) is 11.5. The molecule has 1 aromatic rings. The zero-order valence-corrected chi connectivity index (χ0v) is 11.5. The second-order valence-electron chi connectivity index (χ2n) is 4.68. The number of nitrogens with zero attached hydrogens (tertiary/aromatic N) is 2. The topological polar surface area (TPSA) is 81.4 Å². The lowest BCUT2D eigenvalue weighted by Crippen LogP contribution is -2.20. The van der Waals surface area contributed by atoms with E-state index in [1.54, 1.807) is 7.11 Å². The lowest BCUT2D eigenvalue weighted by Gasteiger charge is -2.13. The summed E-state index contributed by atoms with van der Waals surface area (Å²) < 4.78 is 15.9. The number of hydrogen-bond donors (Lipinski definition) is 2. The monoisotopic (exact) mass is 270 g/mol. The zero-order chi connectivity index (χ0) is 13.5. The molecule has 0 saturated carbocycles. The highest BCUT2D eigenvalue weighted by atomic mass is 16.5. The largest absolute Gasteiger partial charge is 0.407 e. The Labute approximate surface area is 113 Å². The molecule has 2 rings (SSSR count). The van der Waals surface area contributed by atoms with Crippen LogP contribution in [-0.4, -0.2) is 49.7 Å². The summed E-state index contributed by atoms with van der Waals surface area (Å²) in [4.78, 5) is 0. The van der Waals surface area contributed by atoms with Crippen molar-refractivity contribution in [2.75, 3.05) is 38.7 Å². The van der Waals surface area contributed by atoms with E-state index in [2.05, 4.69) is 27.8 Å². The van der Waals surface area contributed by atoms with Gasteiger partial charge in [-0.15, -0.1) is 5.10 Å². The van der Waals surface area contributed by atoms with Gasteiger partial charge in [-0.2, -0.15) is 0 Å². The molecule has 108 valence electrons. The van der Waals surface area contributed by atoms with Gasteiger partial charge in [0.05, 0.1) is 19.3 Å². The lowest BCUT2D eigenvalue weighted by molar-refractivity contribution is 0.108. The number of nitrogens with one attached hydrogen (secondary N) is 2. The van der Waals surface area contributed by atoms with Crippen molar-refractivity contribution in [1.29, 1.82) is 0 Å². The van der Waals surface area contributed by atoms with Gasteiger partial charge < -0.3 is 24.5 Å². The van der Waals surface area contributed by atoms with E-state index in [1.807, 2.05) is 0 Å². The van der Waals surface area contributed by atoms with Crippen LogP contribution in [0.3, 0.4) is 0 Å². The number of ether oxygens (including phenoxy) is 2. The van der Waals surface area contributed by atoms with E-state index in [0.29, 0.717) is 37.1 Å². The summed E-state index contributed by atoms with van der Waals surface area (Å²) in [6.45, 7) is 5.72. The first-order chi connectivity index (χ1) is 9.29. The molecule has 0 bridgehead atoms. The number of aromatic nitrogens is 2. The van der Waals surface area contributed by atoms with Gasteiger partial charge in [-0.1, -0.05) is 5.10 Å². The molecule has 2 unspecified atom stereocenters. The summed E-state index contributed by atoms with van der Waals surface area (Å²) in [5.74, 6) is 1.09. The van der Waals surface area contributed by atoms with Crippen LogP contribution in [0.25, 0.3) is 0 Å². The average Bonchev–Trinajstić information content (AvgIpc) is 3.01. The van der Waals surface area contributed by atoms with Crippen molar-refractivity contribution in [3.8, 4) is 0 Å². The third kappa shape index (κ3) is 4.45. The van der Waals surface area contributed by atoms with E-state index >= 15 is 0 Å². The van der Waals surface area contributed by atoms with Gasteiger partial charge in [0.1, 0.15) is 0 Å². The second-order valence-corrected chi connectivity index (χ2v) is 4.68. The second kappa shape index (κ2) is 7.42. The highest BCUT2D eigenvalue weighted by Gasteiger charge is 2.24. The first-order valence-electron chi connectivity index (χ1n) is 6.67. The van der Waals surface area contributed by atoms with E-state index in [4.69, 9.17) is 13.9 Å². The van der Waals surface area contributed by atoms with Crippen molar-refractivity contribution in [2.24, 2.45) is 5.92 Å². The molecule has 2 atom stereocenters. The minimum absolute atomic E-state index is 0.297. The van der Waals surface area contributed by atoms with Crippen LogP contribution in [0.5, 0.6) is 0 Å². The molecule has 19 heavy (non-hydrogen) atoms. The third-order valence-electron chi connectivity index (χ3n) is 3.27. The van der Waals surface area contributed by atoms with E-state index in [9.17, 15) is 0 Å². The molecule has 1 fully saturated rings. The molecule has 0 amide bonds. The van der Waals surface area contributed by atoms with E-state index in [1.165, 1.54) is 0 Å². The quantitative estimate of drug-likeness (QED) is 0.671. The summed E-state index contributed by atoms with van der Waals surface area (Å²) in [7, 11) is 1.67. The molecule has 1 saturated heterocycles. The lowest BCUT2D eigenvalue weighted by atomic mass is 10.0. The molecular formula is C12H22N4O3. The molecule has 7 nitrogen and oxygen atoms in total. The van der Waals surface area contributed by atoms with Crippen molar-refractivity contribution in [2.45, 2.75) is 26.0 Å². The summed E-state index contributed by atoms with van der Waals surface area (Å²) in [5, 5.41) is 14.2. The van der Waals surface area contributed by atoms with Gasteiger partial charge in [-0.25, -0.2) is 0 Å². The van der Waals surface area contributed by atoms with Crippen LogP contribution in [0.2, 0.25) is 0 Å². The maximum Gasteiger partial charge on any atom is 0.315 e. The Balaban J connectivity index is 1.68. The summed E-state index contributed by atoms with van der Waals surface area (Å²) in [5.41, 5.74) is 0. The fourth-order valence-electron chi connectivity index (χ4n) is 2.03. The van der Waals surface area contributed by atoms with Crippen molar-refractivity contribution in [3.05, 3.63) is 5.89 Å². The first kappa shape index (κ1) is 14.2. The van der Waals surface area contributed by atoms with Crippen LogP contribution in [0.4, 0.5) is 6.01 Å². The van der Waals surface area contributed by atoms with Gasteiger partial charge in [-0.05, 0) is 13.3 Å². The maximum absolute atomic E-state index is 5.51. The van der Waals surface area contributed by atoms with Gasteiger partial charge in [0.2, 0.25) is 5.89 Å². The van der Waals surface area contributed by atoms with Gasteiger partial charge in [0.15, 0.2) is 0 Å². The molecule has 1 aliphatic rings. The predicted octanol–water partition coefficient (Wildman–Crippen LogP) is 0.642. The minimum atomic E-state index is 0.297. The van der Waals surface area contributed by atoms with E-state index in [0.717, 1.165) is 26.1 Å². The first-order valence-corrected chi connectivity index (χ1v) is 6.67. The Morgan fingerprint density at radius 3 is 3.05 bits per heavy atom. The van der Waals surface area contributed by atoms with E-state index < -0.39 is 0 Å². The molecule has 0 radical (unpaired) electrons. The summed E-state index contributed by atoms with van der Waals surface area (Å²) in [6, 6.07) is 0.475. The van der Waals surface area contributed by atoms with Crippen LogP contribution in [0.1, 0.15) is 19.2 Å². The molecule has 0 aliphatic carbocycles. The Bertz CT molecular complexity index is 372.